The van der Waals surface area contributed by atoms with E-state index in [-0.39, 0.29) is 11.6 Å². The van der Waals surface area contributed by atoms with Gasteiger partial charge in [-0.2, -0.15) is 0 Å². The number of hydrogen-bond acceptors (Lipinski definition) is 1. The lowest BCUT2D eigenvalue weighted by molar-refractivity contribution is 0.171. The molecule has 1 radical (unpaired) electrons. The van der Waals surface area contributed by atoms with Crippen molar-refractivity contribution in [3.05, 3.63) is 0 Å². The van der Waals surface area contributed by atoms with E-state index in [1.54, 1.807) is 4.90 Å². The van der Waals surface area contributed by atoms with Crippen LogP contribution in [0.25, 0.3) is 0 Å². The van der Waals surface area contributed by atoms with E-state index in [4.69, 9.17) is 0 Å². The molecule has 0 N–H and O–H groups in total. The molecule has 3 nitrogen and oxygen atoms in total. The van der Waals surface area contributed by atoms with Crippen LogP contribution in [-0.4, -0.2) is 29.6 Å². The molecule has 0 aromatic rings. The molecule has 2 amide bonds. The number of rotatable bonds is 0. The van der Waals surface area contributed by atoms with Gasteiger partial charge in [-0.25, -0.2) is 10.1 Å². The summed E-state index contributed by atoms with van der Waals surface area (Å²) in [6.45, 7) is 7.50. The van der Waals surface area contributed by atoms with Gasteiger partial charge in [0.1, 0.15) is 0 Å². The number of urea groups is 1. The van der Waals surface area contributed by atoms with Gasteiger partial charge in [0, 0.05) is 12.1 Å². The SMILES string of the molecule is CC(C)(C)N1CC[N]C1=O. The molecule has 0 bridgehead atoms. The quantitative estimate of drug-likeness (QED) is 0.492. The van der Waals surface area contributed by atoms with Crippen LogP contribution in [0.15, 0.2) is 0 Å². The molecule has 3 heteroatoms. The summed E-state index contributed by atoms with van der Waals surface area (Å²) in [5.41, 5.74) is -0.0584. The Kier molecular flexibility index (Phi) is 1.58. The second kappa shape index (κ2) is 2.15. The highest BCUT2D eigenvalue weighted by Crippen LogP contribution is 2.15. The normalized spacial score (nSPS) is 19.5. The Morgan fingerprint density at radius 3 is 2.30 bits per heavy atom. The van der Waals surface area contributed by atoms with Crippen LogP contribution in [0.3, 0.4) is 0 Å². The summed E-state index contributed by atoms with van der Waals surface area (Å²) in [6, 6.07) is -0.0625. The second-order valence-electron chi connectivity index (χ2n) is 3.49. The lowest BCUT2D eigenvalue weighted by Gasteiger charge is -2.29. The lowest BCUT2D eigenvalue weighted by Crippen LogP contribution is -2.42. The average Bonchev–Trinajstić information content (AvgIpc) is 2.11. The molecule has 10 heavy (non-hydrogen) atoms. The third-order valence-electron chi connectivity index (χ3n) is 1.61. The van der Waals surface area contributed by atoms with E-state index in [9.17, 15) is 4.79 Å². The Labute approximate surface area is 61.4 Å². The summed E-state index contributed by atoms with van der Waals surface area (Å²) in [4.78, 5) is 12.8. The monoisotopic (exact) mass is 141 g/mol. The Morgan fingerprint density at radius 1 is 1.50 bits per heavy atom. The number of amides is 2. The lowest BCUT2D eigenvalue weighted by atomic mass is 10.1. The highest BCUT2D eigenvalue weighted by molar-refractivity contribution is 5.76. The first-order valence-electron chi connectivity index (χ1n) is 3.51. The molecule has 1 aliphatic rings. The summed E-state index contributed by atoms with van der Waals surface area (Å²) in [6.07, 6.45) is 0. The molecule has 1 fully saturated rings. The topological polar surface area (TPSA) is 34.4 Å². The maximum Gasteiger partial charge on any atom is 0.339 e. The maximum atomic E-state index is 11.0. The van der Waals surface area contributed by atoms with Gasteiger partial charge in [-0.3, -0.25) is 0 Å². The van der Waals surface area contributed by atoms with Gasteiger partial charge in [0.05, 0.1) is 6.54 Å². The third kappa shape index (κ3) is 1.23. The molecule has 57 valence electrons. The first-order chi connectivity index (χ1) is 4.52. The first-order valence-corrected chi connectivity index (χ1v) is 3.51. The Morgan fingerprint density at radius 2 is 2.10 bits per heavy atom. The van der Waals surface area contributed by atoms with E-state index >= 15 is 0 Å². The molecule has 1 saturated heterocycles. The van der Waals surface area contributed by atoms with Crippen LogP contribution in [0.2, 0.25) is 0 Å². The molecule has 0 aliphatic carbocycles. The smallest absolute Gasteiger partial charge is 0.317 e. The maximum absolute atomic E-state index is 11.0. The van der Waals surface area contributed by atoms with Crippen molar-refractivity contribution < 1.29 is 4.79 Å². The molecule has 0 aromatic heterocycles. The van der Waals surface area contributed by atoms with E-state index in [0.29, 0.717) is 6.54 Å². The van der Waals surface area contributed by atoms with Crippen molar-refractivity contribution >= 4 is 6.03 Å². The Balaban J connectivity index is 2.64. The van der Waals surface area contributed by atoms with Gasteiger partial charge < -0.3 is 4.90 Å². The number of nitrogens with zero attached hydrogens (tertiary/aromatic N) is 2. The van der Waals surface area contributed by atoms with Gasteiger partial charge in [-0.1, -0.05) is 0 Å². The zero-order chi connectivity index (χ0) is 7.78. The minimum Gasteiger partial charge on any atom is -0.317 e. The van der Waals surface area contributed by atoms with E-state index in [1.165, 1.54) is 0 Å². The summed E-state index contributed by atoms with van der Waals surface area (Å²) in [5.74, 6) is 0. The Bertz CT molecular complexity index is 148. The van der Waals surface area contributed by atoms with Crippen LogP contribution in [0.4, 0.5) is 4.79 Å². The predicted octanol–water partition coefficient (Wildman–Crippen LogP) is 0.825. The molecule has 0 aromatic carbocycles. The van der Waals surface area contributed by atoms with Crippen LogP contribution >= 0.6 is 0 Å². The van der Waals surface area contributed by atoms with Crippen LogP contribution in [-0.2, 0) is 0 Å². The van der Waals surface area contributed by atoms with Gasteiger partial charge in [-0.15, -0.1) is 0 Å². The average molecular weight is 141 g/mol. The molecule has 0 atom stereocenters. The predicted molar refractivity (Wildman–Crippen MR) is 38.9 cm³/mol. The van der Waals surface area contributed by atoms with Crippen molar-refractivity contribution in [2.45, 2.75) is 26.3 Å². The fourth-order valence-electron chi connectivity index (χ4n) is 1.05. The summed E-state index contributed by atoms with van der Waals surface area (Å²) >= 11 is 0. The van der Waals surface area contributed by atoms with Crippen LogP contribution < -0.4 is 5.32 Å². The van der Waals surface area contributed by atoms with Crippen molar-refractivity contribution in [2.75, 3.05) is 13.1 Å². The van der Waals surface area contributed by atoms with E-state index in [0.717, 1.165) is 6.54 Å². The van der Waals surface area contributed by atoms with Crippen molar-refractivity contribution in [1.29, 1.82) is 0 Å². The molecular weight excluding hydrogens is 128 g/mol. The van der Waals surface area contributed by atoms with Gasteiger partial charge in [-0.05, 0) is 20.8 Å². The molecule has 0 unspecified atom stereocenters. The second-order valence-corrected chi connectivity index (χ2v) is 3.49. The molecule has 0 saturated carbocycles. The van der Waals surface area contributed by atoms with Crippen molar-refractivity contribution in [3.63, 3.8) is 0 Å². The number of carbonyl (C=O) groups is 1. The molecule has 1 heterocycles. The summed E-state index contributed by atoms with van der Waals surface area (Å²) < 4.78 is 0. The summed E-state index contributed by atoms with van der Waals surface area (Å²) in [7, 11) is 0. The highest BCUT2D eigenvalue weighted by Gasteiger charge is 2.30. The zero-order valence-corrected chi connectivity index (χ0v) is 6.72. The van der Waals surface area contributed by atoms with Gasteiger partial charge in [0.2, 0.25) is 0 Å². The largest absolute Gasteiger partial charge is 0.339 e. The molecule has 1 aliphatic heterocycles. The van der Waals surface area contributed by atoms with E-state index < -0.39 is 0 Å². The van der Waals surface area contributed by atoms with Crippen molar-refractivity contribution in [3.8, 4) is 0 Å². The number of hydrogen-bond donors (Lipinski definition) is 0. The fraction of sp³-hybridized carbons (Fsp3) is 0.857. The standard InChI is InChI=1S/C7H13N2O/c1-7(2,3)9-5-4-8-6(9)10/h4-5H2,1-3H3. The third-order valence-corrected chi connectivity index (χ3v) is 1.61. The van der Waals surface area contributed by atoms with Gasteiger partial charge in [0.15, 0.2) is 0 Å². The summed E-state index contributed by atoms with van der Waals surface area (Å²) in [5, 5.41) is 3.77. The van der Waals surface area contributed by atoms with Crippen LogP contribution in [0.5, 0.6) is 0 Å². The van der Waals surface area contributed by atoms with Crippen molar-refractivity contribution in [2.24, 2.45) is 0 Å². The van der Waals surface area contributed by atoms with Gasteiger partial charge >= 0.3 is 6.03 Å². The van der Waals surface area contributed by atoms with Crippen molar-refractivity contribution in [1.82, 2.24) is 10.2 Å². The van der Waals surface area contributed by atoms with Gasteiger partial charge in [0.25, 0.3) is 0 Å². The number of carbonyl (C=O) groups excluding carboxylic acids is 1. The highest BCUT2D eigenvalue weighted by atomic mass is 16.2. The molecule has 0 spiro atoms. The van der Waals surface area contributed by atoms with E-state index in [1.807, 2.05) is 20.8 Å². The molecular formula is C7H13N2O. The zero-order valence-electron chi connectivity index (χ0n) is 6.72. The fourth-order valence-corrected chi connectivity index (χ4v) is 1.05. The minimum atomic E-state index is -0.0625. The van der Waals surface area contributed by atoms with Crippen LogP contribution in [0, 0.1) is 0 Å². The minimum absolute atomic E-state index is 0.0584. The van der Waals surface area contributed by atoms with Crippen LogP contribution in [0.1, 0.15) is 20.8 Å². The Hall–Kier alpha value is -0.730. The molecule has 1 rings (SSSR count). The van der Waals surface area contributed by atoms with E-state index in [2.05, 4.69) is 5.32 Å². The first kappa shape index (κ1) is 7.38.